The Labute approximate surface area is 151 Å². The van der Waals surface area contributed by atoms with Crippen LogP contribution in [0.1, 0.15) is 34.3 Å². The first-order valence-electron chi connectivity index (χ1n) is 8.50. The van der Waals surface area contributed by atoms with Gasteiger partial charge in [-0.15, -0.1) is 0 Å². The van der Waals surface area contributed by atoms with E-state index in [-0.39, 0.29) is 36.3 Å². The van der Waals surface area contributed by atoms with Crippen LogP contribution in [0.2, 0.25) is 0 Å². The van der Waals surface area contributed by atoms with Crippen molar-refractivity contribution in [2.24, 2.45) is 5.92 Å². The van der Waals surface area contributed by atoms with Gasteiger partial charge in [-0.3, -0.25) is 9.59 Å². The number of carboxylic acids is 1. The normalized spacial score (nSPS) is 15.7. The highest BCUT2D eigenvalue weighted by atomic mass is 16.4. The first-order chi connectivity index (χ1) is 12.5. The number of hydrogen-bond acceptors (Lipinski definition) is 3. The number of carbonyl (C=O) groups is 3. The first-order valence-corrected chi connectivity index (χ1v) is 8.50. The Morgan fingerprint density at radius 3 is 2.77 bits per heavy atom. The summed E-state index contributed by atoms with van der Waals surface area (Å²) in [5.74, 6) is -1.42. The Morgan fingerprint density at radius 2 is 1.96 bits per heavy atom. The minimum atomic E-state index is -0.998. The van der Waals surface area contributed by atoms with Gasteiger partial charge in [-0.2, -0.15) is 0 Å². The molecule has 2 amide bonds. The zero-order valence-electron chi connectivity index (χ0n) is 14.2. The Hall–Kier alpha value is -3.15. The first kappa shape index (κ1) is 17.7. The fraction of sp³-hybridized carbons (Fsp3) is 0.250. The lowest BCUT2D eigenvalue weighted by atomic mass is 9.89. The molecule has 1 aliphatic heterocycles. The van der Waals surface area contributed by atoms with Crippen molar-refractivity contribution in [3.05, 3.63) is 65.2 Å². The molecule has 0 aromatic heterocycles. The number of amides is 2. The lowest BCUT2D eigenvalue weighted by Crippen LogP contribution is -2.31. The van der Waals surface area contributed by atoms with Gasteiger partial charge in [0.25, 0.3) is 0 Å². The zero-order valence-corrected chi connectivity index (χ0v) is 14.2. The maximum atomic E-state index is 12.2. The third-order valence-electron chi connectivity index (χ3n) is 4.50. The summed E-state index contributed by atoms with van der Waals surface area (Å²) < 4.78 is 0. The number of para-hydroxylation sites is 1. The standard InChI is InChI=1S/C20H20N2O4/c23-18(21-12-13-4-3-6-16(10-13)20(25)26)9-8-15-11-14-5-1-2-7-17(14)22-19(15)24/h1-7,10,15H,8-9,11-12H2,(H,21,23)(H,22,24)(H,25,26)/t15-/m1/s1. The van der Waals surface area contributed by atoms with Crippen LogP contribution in [0.4, 0.5) is 5.69 Å². The molecule has 3 rings (SSSR count). The van der Waals surface area contributed by atoms with Crippen molar-refractivity contribution in [2.45, 2.75) is 25.8 Å². The molecule has 0 bridgehead atoms. The lowest BCUT2D eigenvalue weighted by Gasteiger charge is -2.24. The molecule has 26 heavy (non-hydrogen) atoms. The Bertz CT molecular complexity index is 847. The van der Waals surface area contributed by atoms with Crippen LogP contribution in [-0.4, -0.2) is 22.9 Å². The van der Waals surface area contributed by atoms with Crippen LogP contribution in [0.5, 0.6) is 0 Å². The van der Waals surface area contributed by atoms with Crippen molar-refractivity contribution in [2.75, 3.05) is 5.32 Å². The molecule has 134 valence electrons. The number of fused-ring (bicyclic) bond motifs is 1. The van der Waals surface area contributed by atoms with E-state index in [2.05, 4.69) is 10.6 Å². The lowest BCUT2D eigenvalue weighted by molar-refractivity contribution is -0.123. The average Bonchev–Trinajstić information content (AvgIpc) is 2.65. The van der Waals surface area contributed by atoms with E-state index in [1.165, 1.54) is 12.1 Å². The molecule has 0 spiro atoms. The molecule has 1 heterocycles. The molecule has 0 unspecified atom stereocenters. The van der Waals surface area contributed by atoms with Gasteiger partial charge in [0, 0.05) is 24.6 Å². The topological polar surface area (TPSA) is 95.5 Å². The van der Waals surface area contributed by atoms with Crippen molar-refractivity contribution in [1.29, 1.82) is 0 Å². The highest BCUT2D eigenvalue weighted by molar-refractivity contribution is 5.96. The van der Waals surface area contributed by atoms with Gasteiger partial charge >= 0.3 is 5.97 Å². The molecule has 2 aromatic rings. The van der Waals surface area contributed by atoms with Crippen molar-refractivity contribution in [1.82, 2.24) is 5.32 Å². The van der Waals surface area contributed by atoms with Crippen LogP contribution >= 0.6 is 0 Å². The maximum Gasteiger partial charge on any atom is 0.335 e. The van der Waals surface area contributed by atoms with E-state index >= 15 is 0 Å². The van der Waals surface area contributed by atoms with E-state index in [1.54, 1.807) is 12.1 Å². The Kier molecular flexibility index (Phi) is 5.31. The van der Waals surface area contributed by atoms with E-state index in [9.17, 15) is 14.4 Å². The predicted octanol–water partition coefficient (Wildman–Crippen LogP) is 2.59. The van der Waals surface area contributed by atoms with Crippen LogP contribution < -0.4 is 10.6 Å². The van der Waals surface area contributed by atoms with E-state index in [0.29, 0.717) is 12.8 Å². The second-order valence-electron chi connectivity index (χ2n) is 6.37. The summed E-state index contributed by atoms with van der Waals surface area (Å²) in [6.45, 7) is 0.264. The van der Waals surface area contributed by atoms with Crippen LogP contribution in [0, 0.1) is 5.92 Å². The van der Waals surface area contributed by atoms with Crippen molar-refractivity contribution in [3.63, 3.8) is 0 Å². The van der Waals surface area contributed by atoms with Crippen molar-refractivity contribution < 1.29 is 19.5 Å². The van der Waals surface area contributed by atoms with E-state index < -0.39 is 5.97 Å². The van der Waals surface area contributed by atoms with Gasteiger partial charge in [-0.25, -0.2) is 4.79 Å². The molecular formula is C20H20N2O4. The maximum absolute atomic E-state index is 12.2. The highest BCUT2D eigenvalue weighted by Gasteiger charge is 2.26. The summed E-state index contributed by atoms with van der Waals surface area (Å²) >= 11 is 0. The Balaban J connectivity index is 1.49. The SMILES string of the molecule is O=C(CC[C@@H]1Cc2ccccc2NC1=O)NCc1cccc(C(=O)O)c1. The summed E-state index contributed by atoms with van der Waals surface area (Å²) in [6, 6.07) is 14.1. The molecule has 0 saturated carbocycles. The summed E-state index contributed by atoms with van der Waals surface area (Å²) in [7, 11) is 0. The number of carboxylic acid groups (broad SMARTS) is 1. The smallest absolute Gasteiger partial charge is 0.335 e. The van der Waals surface area contributed by atoms with Gasteiger partial charge in [0.05, 0.1) is 5.56 Å². The van der Waals surface area contributed by atoms with E-state index in [1.807, 2.05) is 24.3 Å². The highest BCUT2D eigenvalue weighted by Crippen LogP contribution is 2.27. The second kappa shape index (κ2) is 7.82. The van der Waals surface area contributed by atoms with Crippen molar-refractivity contribution in [3.8, 4) is 0 Å². The van der Waals surface area contributed by atoms with Gasteiger partial charge < -0.3 is 15.7 Å². The summed E-state index contributed by atoms with van der Waals surface area (Å²) in [5, 5.41) is 14.6. The number of aromatic carboxylic acids is 1. The second-order valence-corrected chi connectivity index (χ2v) is 6.37. The number of anilines is 1. The van der Waals surface area contributed by atoms with Crippen LogP contribution in [-0.2, 0) is 22.6 Å². The van der Waals surface area contributed by atoms with E-state index in [0.717, 1.165) is 16.8 Å². The van der Waals surface area contributed by atoms with Gasteiger partial charge in [0.15, 0.2) is 0 Å². The quantitative estimate of drug-likeness (QED) is 0.745. The summed E-state index contributed by atoms with van der Waals surface area (Å²) in [4.78, 5) is 35.2. The monoisotopic (exact) mass is 352 g/mol. The molecular weight excluding hydrogens is 332 g/mol. The van der Waals surface area contributed by atoms with Crippen LogP contribution in [0.15, 0.2) is 48.5 Å². The van der Waals surface area contributed by atoms with Crippen molar-refractivity contribution >= 4 is 23.5 Å². The number of nitrogens with one attached hydrogen (secondary N) is 2. The molecule has 2 aromatic carbocycles. The minimum Gasteiger partial charge on any atom is -0.478 e. The zero-order chi connectivity index (χ0) is 18.5. The number of rotatable bonds is 6. The van der Waals surface area contributed by atoms with Crippen LogP contribution in [0.25, 0.3) is 0 Å². The van der Waals surface area contributed by atoms with Gasteiger partial charge in [-0.1, -0.05) is 30.3 Å². The van der Waals surface area contributed by atoms with E-state index in [4.69, 9.17) is 5.11 Å². The fourth-order valence-corrected chi connectivity index (χ4v) is 3.06. The molecule has 0 radical (unpaired) electrons. The third-order valence-corrected chi connectivity index (χ3v) is 4.50. The molecule has 6 heteroatoms. The molecule has 1 aliphatic rings. The third kappa shape index (κ3) is 4.27. The fourth-order valence-electron chi connectivity index (χ4n) is 3.06. The van der Waals surface area contributed by atoms with Crippen LogP contribution in [0.3, 0.4) is 0 Å². The Morgan fingerprint density at radius 1 is 1.15 bits per heavy atom. The summed E-state index contributed by atoms with van der Waals surface area (Å²) in [5.41, 5.74) is 2.84. The predicted molar refractivity (Wildman–Crippen MR) is 96.7 cm³/mol. The molecule has 6 nitrogen and oxygen atoms in total. The molecule has 0 fully saturated rings. The number of benzene rings is 2. The molecule has 0 aliphatic carbocycles. The largest absolute Gasteiger partial charge is 0.478 e. The number of carbonyl (C=O) groups excluding carboxylic acids is 2. The van der Waals surface area contributed by atoms with Gasteiger partial charge in [0.2, 0.25) is 11.8 Å². The molecule has 1 atom stereocenters. The molecule has 0 saturated heterocycles. The summed E-state index contributed by atoms with van der Waals surface area (Å²) in [6.07, 6.45) is 1.36. The molecule has 3 N–H and O–H groups in total. The van der Waals surface area contributed by atoms with Gasteiger partial charge in [-0.05, 0) is 42.2 Å². The minimum absolute atomic E-state index is 0.0503. The average molecular weight is 352 g/mol. The number of hydrogen-bond donors (Lipinski definition) is 3. The van der Waals surface area contributed by atoms with Gasteiger partial charge in [0.1, 0.15) is 0 Å².